The number of ketones is 1. The second-order valence-corrected chi connectivity index (χ2v) is 18.3. The molecule has 1 aliphatic carbocycles. The van der Waals surface area contributed by atoms with Crippen molar-refractivity contribution < 1.29 is 4.79 Å². The average molecular weight is 730 g/mol. The van der Waals surface area contributed by atoms with E-state index < -0.39 is 5.41 Å². The van der Waals surface area contributed by atoms with E-state index in [1.54, 1.807) is 0 Å². The number of nitrogens with zero attached hydrogens (tertiary/aromatic N) is 1. The Bertz CT molecular complexity index is 2740. The van der Waals surface area contributed by atoms with Gasteiger partial charge in [-0.05, 0) is 103 Å². The Kier molecular flexibility index (Phi) is 7.35. The minimum Gasteiger partial charge on any atom is -0.308 e. The lowest BCUT2D eigenvalue weighted by atomic mass is 9.57. The monoisotopic (exact) mass is 729 g/mol. The molecule has 0 saturated carbocycles. The van der Waals surface area contributed by atoms with Crippen LogP contribution in [0.2, 0.25) is 0 Å². The summed E-state index contributed by atoms with van der Waals surface area (Å²) in [5.41, 5.74) is 15.7. The van der Waals surface area contributed by atoms with Gasteiger partial charge in [-0.3, -0.25) is 4.79 Å². The average Bonchev–Trinajstić information content (AvgIpc) is 3.19. The summed E-state index contributed by atoms with van der Waals surface area (Å²) in [5, 5.41) is 0. The lowest BCUT2D eigenvalue weighted by molar-refractivity contribution is 0.103. The molecule has 3 aliphatic rings. The summed E-state index contributed by atoms with van der Waals surface area (Å²) in [6, 6.07) is 55.2. The van der Waals surface area contributed by atoms with Crippen molar-refractivity contribution in [1.29, 1.82) is 0 Å². The molecule has 7 aromatic carbocycles. The van der Waals surface area contributed by atoms with Crippen LogP contribution in [0.3, 0.4) is 0 Å². The molecule has 55 heavy (non-hydrogen) atoms. The van der Waals surface area contributed by atoms with Crippen LogP contribution in [0.5, 0.6) is 0 Å². The van der Waals surface area contributed by atoms with Gasteiger partial charge in [-0.25, -0.2) is 0 Å². The minimum atomic E-state index is -0.765. The first-order valence-electron chi connectivity index (χ1n) is 19.3. The molecule has 0 aromatic heterocycles. The molecule has 2 heterocycles. The molecular formula is C52H43NOS. The Morgan fingerprint density at radius 3 is 1.73 bits per heavy atom. The molecule has 1 unspecified atom stereocenters. The highest BCUT2D eigenvalue weighted by molar-refractivity contribution is 7.99. The molecule has 0 N–H and O–H groups in total. The number of hydrogen-bond acceptors (Lipinski definition) is 3. The summed E-state index contributed by atoms with van der Waals surface area (Å²) in [7, 11) is 0. The summed E-state index contributed by atoms with van der Waals surface area (Å²) in [6.45, 7) is 13.6. The summed E-state index contributed by atoms with van der Waals surface area (Å²) >= 11 is 1.83. The third-order valence-electron chi connectivity index (χ3n) is 11.9. The molecule has 1 atom stereocenters. The largest absolute Gasteiger partial charge is 0.308 e. The van der Waals surface area contributed by atoms with Crippen LogP contribution in [-0.2, 0) is 16.2 Å². The van der Waals surface area contributed by atoms with Crippen LogP contribution >= 0.6 is 11.8 Å². The van der Waals surface area contributed by atoms with Gasteiger partial charge in [-0.15, -0.1) is 0 Å². The van der Waals surface area contributed by atoms with Crippen molar-refractivity contribution in [3.8, 4) is 22.3 Å². The van der Waals surface area contributed by atoms with Gasteiger partial charge in [0.15, 0.2) is 5.78 Å². The standard InChI is InChI=1S/C52H43NOS/c1-50(2,3)38-18-9-7-16-34(38)32-27-29-40-37(30-32)49(54)36-28-26-33(35-17-8-10-19-39(35)51(4,5)6)31-43(36)52(40)41-20-11-12-22-44(41)53-45-23-13-14-24-46(45)55-47-25-15-21-42(52)48(47)53/h7-31H,1-6H3. The van der Waals surface area contributed by atoms with Crippen LogP contribution < -0.4 is 4.90 Å². The molecule has 7 aromatic rings. The van der Waals surface area contributed by atoms with Crippen LogP contribution in [-0.4, -0.2) is 5.78 Å². The maximum absolute atomic E-state index is 15.2. The van der Waals surface area contributed by atoms with Crippen molar-refractivity contribution in [3.05, 3.63) is 196 Å². The minimum absolute atomic E-state index is 0.0621. The van der Waals surface area contributed by atoms with Gasteiger partial charge in [0.05, 0.1) is 22.5 Å². The van der Waals surface area contributed by atoms with E-state index in [1.165, 1.54) is 54.5 Å². The third kappa shape index (κ3) is 4.85. The molecule has 10 rings (SSSR count). The summed E-state index contributed by atoms with van der Waals surface area (Å²) in [6.07, 6.45) is 0. The fraction of sp³-hybridized carbons (Fsp3) is 0.173. The molecule has 1 spiro atoms. The number of benzene rings is 7. The fourth-order valence-electron chi connectivity index (χ4n) is 9.58. The highest BCUT2D eigenvalue weighted by atomic mass is 32.2. The first-order valence-corrected chi connectivity index (χ1v) is 20.1. The predicted molar refractivity (Wildman–Crippen MR) is 229 cm³/mol. The fourth-order valence-corrected chi connectivity index (χ4v) is 10.7. The lowest BCUT2D eigenvalue weighted by Crippen LogP contribution is -2.43. The first-order chi connectivity index (χ1) is 26.5. The Morgan fingerprint density at radius 2 is 1.02 bits per heavy atom. The highest BCUT2D eigenvalue weighted by Gasteiger charge is 2.53. The number of rotatable bonds is 2. The Balaban J connectivity index is 1.33. The maximum atomic E-state index is 15.2. The molecule has 0 amide bonds. The predicted octanol–water partition coefficient (Wildman–Crippen LogP) is 13.8. The number of para-hydroxylation sites is 3. The molecule has 2 aliphatic heterocycles. The molecule has 3 heteroatoms. The van der Waals surface area contributed by atoms with E-state index in [0.717, 1.165) is 39.1 Å². The third-order valence-corrected chi connectivity index (χ3v) is 13.0. The van der Waals surface area contributed by atoms with Crippen LogP contribution in [0, 0.1) is 0 Å². The van der Waals surface area contributed by atoms with Gasteiger partial charge in [0, 0.05) is 20.9 Å². The Hall–Kier alpha value is -5.64. The summed E-state index contributed by atoms with van der Waals surface area (Å²) in [4.78, 5) is 20.2. The van der Waals surface area contributed by atoms with Gasteiger partial charge in [-0.2, -0.15) is 0 Å². The maximum Gasteiger partial charge on any atom is 0.193 e. The van der Waals surface area contributed by atoms with E-state index in [9.17, 15) is 0 Å². The summed E-state index contributed by atoms with van der Waals surface area (Å²) < 4.78 is 0. The van der Waals surface area contributed by atoms with Gasteiger partial charge in [-0.1, -0.05) is 169 Å². The zero-order valence-corrected chi connectivity index (χ0v) is 33.0. The number of carbonyl (C=O) groups excluding carboxylic acids is 1. The van der Waals surface area contributed by atoms with Gasteiger partial charge in [0.25, 0.3) is 0 Å². The SMILES string of the molecule is CC(C)(C)c1ccccc1-c1ccc2c(c1)C(=O)c1ccc(-c3ccccc3C(C)(C)C)cc1C21c2ccccc2N2c3ccccc3Sc3cccc1c32. The second kappa shape index (κ2) is 11.9. The van der Waals surface area contributed by atoms with Crippen molar-refractivity contribution in [2.45, 2.75) is 67.6 Å². The second-order valence-electron chi connectivity index (χ2n) is 17.3. The molecule has 2 nitrogen and oxygen atoms in total. The molecule has 0 saturated heterocycles. The van der Waals surface area contributed by atoms with Crippen molar-refractivity contribution in [2.24, 2.45) is 0 Å². The van der Waals surface area contributed by atoms with Gasteiger partial charge in [0.2, 0.25) is 0 Å². The Morgan fingerprint density at radius 1 is 0.455 bits per heavy atom. The normalized spacial score (nSPS) is 16.5. The topological polar surface area (TPSA) is 20.3 Å². The van der Waals surface area contributed by atoms with Crippen molar-refractivity contribution in [1.82, 2.24) is 0 Å². The van der Waals surface area contributed by atoms with Crippen LogP contribution in [0.15, 0.2) is 161 Å². The van der Waals surface area contributed by atoms with E-state index in [2.05, 4.69) is 198 Å². The van der Waals surface area contributed by atoms with E-state index in [0.29, 0.717) is 0 Å². The number of hydrogen-bond donors (Lipinski definition) is 0. The summed E-state index contributed by atoms with van der Waals surface area (Å²) in [5.74, 6) is 0.0748. The van der Waals surface area contributed by atoms with E-state index >= 15 is 4.79 Å². The van der Waals surface area contributed by atoms with E-state index in [4.69, 9.17) is 0 Å². The van der Waals surface area contributed by atoms with Crippen molar-refractivity contribution >= 4 is 34.6 Å². The van der Waals surface area contributed by atoms with Gasteiger partial charge >= 0.3 is 0 Å². The zero-order valence-electron chi connectivity index (χ0n) is 32.2. The lowest BCUT2D eigenvalue weighted by Gasteiger charge is -2.50. The smallest absolute Gasteiger partial charge is 0.193 e. The van der Waals surface area contributed by atoms with Crippen LogP contribution in [0.4, 0.5) is 17.1 Å². The molecule has 0 bridgehead atoms. The molecule has 0 radical (unpaired) electrons. The van der Waals surface area contributed by atoms with E-state index in [1.807, 2.05) is 11.8 Å². The quantitative estimate of drug-likeness (QED) is 0.177. The highest BCUT2D eigenvalue weighted by Crippen LogP contribution is 2.65. The van der Waals surface area contributed by atoms with E-state index in [-0.39, 0.29) is 16.6 Å². The van der Waals surface area contributed by atoms with Gasteiger partial charge < -0.3 is 4.90 Å². The van der Waals surface area contributed by atoms with Crippen LogP contribution in [0.1, 0.15) is 90.8 Å². The molecule has 268 valence electrons. The molecule has 0 fully saturated rings. The Labute approximate surface area is 328 Å². The number of anilines is 3. The number of carbonyl (C=O) groups is 1. The zero-order chi connectivity index (χ0) is 37.9. The molecular weight excluding hydrogens is 687 g/mol. The van der Waals surface area contributed by atoms with Crippen molar-refractivity contribution in [3.63, 3.8) is 0 Å². The first kappa shape index (κ1) is 33.9. The number of fused-ring (bicyclic) bond motifs is 10. The van der Waals surface area contributed by atoms with Crippen molar-refractivity contribution in [2.75, 3.05) is 4.90 Å². The van der Waals surface area contributed by atoms with Gasteiger partial charge in [0.1, 0.15) is 0 Å². The van der Waals surface area contributed by atoms with Crippen LogP contribution in [0.25, 0.3) is 22.3 Å².